The van der Waals surface area contributed by atoms with E-state index < -0.39 is 0 Å². The van der Waals surface area contributed by atoms with Crippen LogP contribution < -0.4 is 0 Å². The molecule has 4 heterocycles. The number of hydrogen-bond donors (Lipinski definition) is 0. The number of aromatic nitrogens is 5. The lowest BCUT2D eigenvalue weighted by molar-refractivity contribution is 0.176. The van der Waals surface area contributed by atoms with Crippen LogP contribution >= 0.6 is 0 Å². The van der Waals surface area contributed by atoms with Crippen LogP contribution in [-0.2, 0) is 13.6 Å². The molecule has 0 bridgehead atoms. The van der Waals surface area contributed by atoms with Gasteiger partial charge in [0, 0.05) is 37.3 Å². The van der Waals surface area contributed by atoms with Gasteiger partial charge in [-0.1, -0.05) is 19.1 Å². The van der Waals surface area contributed by atoms with Crippen molar-refractivity contribution in [3.8, 4) is 40.2 Å². The van der Waals surface area contributed by atoms with E-state index in [9.17, 15) is 5.26 Å². The van der Waals surface area contributed by atoms with Crippen molar-refractivity contribution in [3.63, 3.8) is 0 Å². The largest absolute Gasteiger partial charge is 0.435 e. The van der Waals surface area contributed by atoms with Crippen LogP contribution in [0.4, 0.5) is 0 Å². The van der Waals surface area contributed by atoms with Crippen molar-refractivity contribution in [1.82, 2.24) is 29.6 Å². The summed E-state index contributed by atoms with van der Waals surface area (Å²) in [5.41, 5.74) is 8.04. The van der Waals surface area contributed by atoms with Gasteiger partial charge in [0.25, 0.3) is 0 Å². The molecule has 5 aromatic rings. The van der Waals surface area contributed by atoms with Crippen molar-refractivity contribution in [2.24, 2.45) is 13.0 Å². The molecule has 0 N–H and O–H groups in total. The normalized spacial score (nSPS) is 17.8. The lowest BCUT2D eigenvalue weighted by atomic mass is 9.96. The van der Waals surface area contributed by atoms with Crippen LogP contribution in [0.3, 0.4) is 0 Å². The molecule has 8 nitrogen and oxygen atoms in total. The van der Waals surface area contributed by atoms with Gasteiger partial charge in [0.15, 0.2) is 11.4 Å². The fourth-order valence-corrected chi connectivity index (χ4v) is 5.85. The fraction of sp³-hybridized carbons (Fsp3) is 0.344. The number of piperidine rings is 1. The quantitative estimate of drug-likeness (QED) is 0.253. The van der Waals surface area contributed by atoms with Crippen molar-refractivity contribution in [2.75, 3.05) is 13.1 Å². The number of nitriles is 1. The summed E-state index contributed by atoms with van der Waals surface area (Å²) < 4.78 is 8.13. The summed E-state index contributed by atoms with van der Waals surface area (Å²) in [5, 5.41) is 18.0. The molecule has 3 aromatic heterocycles. The molecular weight excluding hydrogens is 498 g/mol. The number of fused-ring (bicyclic) bond motifs is 1. The summed E-state index contributed by atoms with van der Waals surface area (Å²) in [6, 6.07) is 18.5. The third-order valence-corrected chi connectivity index (χ3v) is 8.07. The number of pyridine rings is 1. The molecular formula is C32H31N7O. The van der Waals surface area contributed by atoms with Crippen LogP contribution in [0.15, 0.2) is 59.3 Å². The second kappa shape index (κ2) is 10.00. The second-order valence-electron chi connectivity index (χ2n) is 11.4. The van der Waals surface area contributed by atoms with Crippen molar-refractivity contribution in [1.29, 1.82) is 5.26 Å². The molecule has 1 atom stereocenters. The number of nitrogens with zero attached hydrogens (tertiary/aromatic N) is 7. The Hall–Kier alpha value is -4.35. The van der Waals surface area contributed by atoms with Crippen molar-refractivity contribution >= 4 is 11.1 Å². The van der Waals surface area contributed by atoms with E-state index in [4.69, 9.17) is 14.4 Å². The van der Waals surface area contributed by atoms with Gasteiger partial charge in [0.2, 0.25) is 5.89 Å². The summed E-state index contributed by atoms with van der Waals surface area (Å²) in [7, 11) is 1.91. The number of aryl methyl sites for hydroxylation is 1. The summed E-state index contributed by atoms with van der Waals surface area (Å²) in [5.74, 6) is 2.42. The van der Waals surface area contributed by atoms with Gasteiger partial charge < -0.3 is 8.98 Å². The van der Waals surface area contributed by atoms with Crippen LogP contribution in [0.1, 0.15) is 55.3 Å². The summed E-state index contributed by atoms with van der Waals surface area (Å²) >= 11 is 0. The van der Waals surface area contributed by atoms with E-state index in [2.05, 4.69) is 46.3 Å². The van der Waals surface area contributed by atoms with Gasteiger partial charge >= 0.3 is 0 Å². The highest BCUT2D eigenvalue weighted by atomic mass is 16.3. The number of rotatable bonds is 6. The van der Waals surface area contributed by atoms with Gasteiger partial charge in [-0.2, -0.15) is 5.26 Å². The van der Waals surface area contributed by atoms with Crippen molar-refractivity contribution in [3.05, 3.63) is 71.7 Å². The molecule has 200 valence electrons. The Morgan fingerprint density at radius 2 is 1.93 bits per heavy atom. The minimum Gasteiger partial charge on any atom is -0.435 e. The zero-order valence-corrected chi connectivity index (χ0v) is 22.8. The molecule has 7 rings (SSSR count). The van der Waals surface area contributed by atoms with E-state index >= 15 is 0 Å². The topological polar surface area (TPSA) is 96.7 Å². The standard InChI is InChI=1S/C32H31N7O/c1-20-4-3-11-39(17-20)18-22-6-10-30-28(13-22)36-32(40-30)29-15-24(14-27(35-29)23-7-8-23)25-9-5-21(16-33)12-26(25)31-37-34-19-38(31)2/h5-6,9-10,12-15,19-20,23H,3-4,7-8,11,17-18H2,1-2H3/t20-/m0/s1. The minimum absolute atomic E-state index is 0.443. The Morgan fingerprint density at radius 1 is 1.02 bits per heavy atom. The molecule has 40 heavy (non-hydrogen) atoms. The molecule has 2 fully saturated rings. The molecule has 1 saturated carbocycles. The van der Waals surface area contributed by atoms with Crippen LogP contribution in [-0.4, -0.2) is 42.7 Å². The molecule has 1 aliphatic carbocycles. The maximum absolute atomic E-state index is 9.57. The Bertz CT molecular complexity index is 1760. The zero-order valence-electron chi connectivity index (χ0n) is 22.8. The third-order valence-electron chi connectivity index (χ3n) is 8.07. The Kier molecular flexibility index (Phi) is 6.17. The van der Waals surface area contributed by atoms with Crippen LogP contribution in [0.2, 0.25) is 0 Å². The zero-order chi connectivity index (χ0) is 27.2. The smallest absolute Gasteiger partial charge is 0.246 e. The number of benzene rings is 2. The van der Waals surface area contributed by atoms with Gasteiger partial charge in [-0.25, -0.2) is 9.97 Å². The molecule has 2 aromatic carbocycles. The maximum Gasteiger partial charge on any atom is 0.246 e. The average Bonchev–Trinajstić information content (AvgIpc) is 3.60. The van der Waals surface area contributed by atoms with Crippen LogP contribution in [0.25, 0.3) is 45.2 Å². The number of hydrogen-bond acceptors (Lipinski definition) is 7. The van der Waals surface area contributed by atoms with E-state index in [0.29, 0.717) is 23.2 Å². The Morgan fingerprint density at radius 3 is 2.70 bits per heavy atom. The second-order valence-corrected chi connectivity index (χ2v) is 11.4. The summed E-state index contributed by atoms with van der Waals surface area (Å²) in [4.78, 5) is 12.4. The predicted molar refractivity (Wildman–Crippen MR) is 153 cm³/mol. The van der Waals surface area contributed by atoms with E-state index in [1.54, 1.807) is 6.33 Å². The lowest BCUT2D eigenvalue weighted by Gasteiger charge is -2.30. The molecule has 1 aliphatic heterocycles. The first-order chi connectivity index (χ1) is 19.5. The number of likely N-dealkylation sites (tertiary alicyclic amines) is 1. The number of oxazole rings is 1. The first kappa shape index (κ1) is 24.7. The summed E-state index contributed by atoms with van der Waals surface area (Å²) in [6.07, 6.45) is 6.52. The van der Waals surface area contributed by atoms with Crippen molar-refractivity contribution < 1.29 is 4.42 Å². The highest BCUT2D eigenvalue weighted by Crippen LogP contribution is 2.42. The fourth-order valence-electron chi connectivity index (χ4n) is 5.85. The van der Waals surface area contributed by atoms with E-state index in [1.807, 2.05) is 41.9 Å². The van der Waals surface area contributed by atoms with Gasteiger partial charge in [0.05, 0.1) is 11.6 Å². The minimum atomic E-state index is 0.443. The van der Waals surface area contributed by atoms with Crippen LogP contribution in [0, 0.1) is 17.2 Å². The molecule has 1 saturated heterocycles. The Balaban J connectivity index is 1.28. The highest BCUT2D eigenvalue weighted by molar-refractivity contribution is 5.84. The lowest BCUT2D eigenvalue weighted by Crippen LogP contribution is -2.33. The van der Waals surface area contributed by atoms with Gasteiger partial charge in [-0.15, -0.1) is 10.2 Å². The van der Waals surface area contributed by atoms with Gasteiger partial charge in [0.1, 0.15) is 17.5 Å². The predicted octanol–water partition coefficient (Wildman–Crippen LogP) is 6.33. The maximum atomic E-state index is 9.57. The average molecular weight is 530 g/mol. The van der Waals surface area contributed by atoms with E-state index in [-0.39, 0.29) is 0 Å². The molecule has 2 aliphatic rings. The van der Waals surface area contributed by atoms with E-state index in [1.165, 1.54) is 18.4 Å². The monoisotopic (exact) mass is 529 g/mol. The molecule has 0 radical (unpaired) electrons. The van der Waals surface area contributed by atoms with Crippen LogP contribution in [0.5, 0.6) is 0 Å². The Labute approximate surface area is 233 Å². The SMILES string of the molecule is C[C@H]1CCCN(Cc2ccc3oc(-c4cc(-c5ccc(C#N)cc5-c5nncn5C)cc(C5CC5)n4)nc3c2)C1. The molecule has 8 heteroatoms. The third kappa shape index (κ3) is 4.78. The molecule has 0 unspecified atom stereocenters. The first-order valence-electron chi connectivity index (χ1n) is 14.1. The van der Waals surface area contributed by atoms with Gasteiger partial charge in [-0.3, -0.25) is 4.90 Å². The molecule has 0 amide bonds. The summed E-state index contributed by atoms with van der Waals surface area (Å²) in [6.45, 7) is 5.57. The highest BCUT2D eigenvalue weighted by Gasteiger charge is 2.27. The first-order valence-corrected chi connectivity index (χ1v) is 14.1. The van der Waals surface area contributed by atoms with Crippen molar-refractivity contribution in [2.45, 2.75) is 45.1 Å². The molecule has 0 spiro atoms. The van der Waals surface area contributed by atoms with E-state index in [0.717, 1.165) is 77.6 Å². The van der Waals surface area contributed by atoms with Gasteiger partial charge in [-0.05, 0) is 91.2 Å².